The lowest BCUT2D eigenvalue weighted by molar-refractivity contribution is 0.802. The van der Waals surface area contributed by atoms with Crippen molar-refractivity contribution in [1.82, 2.24) is 0 Å². The SMILES string of the molecule is c1ccc(-c2cc3cccc4c5c(c6cccc2c6c34)C2(c3ccccc3-c3ccccc32)c2ccccc2-5)cc1. The summed E-state index contributed by atoms with van der Waals surface area (Å²) in [5, 5.41) is 8.10. The summed E-state index contributed by atoms with van der Waals surface area (Å²) in [5.74, 6) is 0. The molecule has 0 amide bonds. The molecule has 0 unspecified atom stereocenters. The molecule has 188 valence electrons. The van der Waals surface area contributed by atoms with Crippen LogP contribution in [0.4, 0.5) is 0 Å². The standard InChI is InChI=1S/C41H24/c1-2-12-25(13-3-1)33-24-26-14-10-19-31-37(26)38-29(33)18-11-20-32(38)40-39(31)30-17-6-9-23-36(30)41(40)34-21-7-4-15-27(34)28-16-5-8-22-35(28)41/h1-24H. The van der Waals surface area contributed by atoms with Crippen LogP contribution in [0, 0.1) is 0 Å². The predicted octanol–water partition coefficient (Wildman–Crippen LogP) is 10.6. The van der Waals surface area contributed by atoms with E-state index in [9.17, 15) is 0 Å². The lowest BCUT2D eigenvalue weighted by Gasteiger charge is -2.32. The van der Waals surface area contributed by atoms with Crippen LogP contribution in [-0.2, 0) is 5.41 Å². The summed E-state index contributed by atoms with van der Waals surface area (Å²) in [5.41, 5.74) is 13.3. The van der Waals surface area contributed by atoms with Crippen LogP contribution in [-0.4, -0.2) is 0 Å². The van der Waals surface area contributed by atoms with Gasteiger partial charge in [0.05, 0.1) is 5.41 Å². The van der Waals surface area contributed by atoms with Crippen LogP contribution in [0.5, 0.6) is 0 Å². The second kappa shape index (κ2) is 7.50. The summed E-state index contributed by atoms with van der Waals surface area (Å²) in [6.45, 7) is 0. The third-order valence-electron chi connectivity index (χ3n) is 9.80. The zero-order valence-corrected chi connectivity index (χ0v) is 22.4. The molecule has 0 aromatic heterocycles. The third-order valence-corrected chi connectivity index (χ3v) is 9.80. The highest BCUT2D eigenvalue weighted by Crippen LogP contribution is 2.65. The third kappa shape index (κ3) is 2.44. The van der Waals surface area contributed by atoms with Crippen molar-refractivity contribution in [2.75, 3.05) is 0 Å². The van der Waals surface area contributed by atoms with Crippen molar-refractivity contribution in [1.29, 1.82) is 0 Å². The smallest absolute Gasteiger partial charge is 0.0622 e. The highest BCUT2D eigenvalue weighted by Gasteiger charge is 2.52. The van der Waals surface area contributed by atoms with Gasteiger partial charge in [0.1, 0.15) is 0 Å². The maximum Gasteiger partial charge on any atom is 0.0731 e. The molecule has 2 aliphatic rings. The van der Waals surface area contributed by atoms with Gasteiger partial charge in [0, 0.05) is 0 Å². The second-order valence-corrected chi connectivity index (χ2v) is 11.6. The first-order chi connectivity index (χ1) is 20.4. The molecular weight excluding hydrogens is 492 g/mol. The number of rotatable bonds is 1. The van der Waals surface area contributed by atoms with E-state index in [1.807, 2.05) is 0 Å². The van der Waals surface area contributed by atoms with E-state index in [0.29, 0.717) is 0 Å². The van der Waals surface area contributed by atoms with Gasteiger partial charge >= 0.3 is 0 Å². The Hall–Kier alpha value is -5.20. The van der Waals surface area contributed by atoms with Crippen LogP contribution in [0.2, 0.25) is 0 Å². The summed E-state index contributed by atoms with van der Waals surface area (Å²) in [6, 6.07) is 54.5. The van der Waals surface area contributed by atoms with Crippen molar-refractivity contribution < 1.29 is 0 Å². The van der Waals surface area contributed by atoms with Crippen molar-refractivity contribution in [2.24, 2.45) is 0 Å². The molecule has 41 heavy (non-hydrogen) atoms. The largest absolute Gasteiger partial charge is 0.0731 e. The quantitative estimate of drug-likeness (QED) is 0.190. The first-order valence-corrected chi connectivity index (χ1v) is 14.5. The molecule has 0 nitrogen and oxygen atoms in total. The zero-order chi connectivity index (χ0) is 26.7. The molecule has 0 N–H and O–H groups in total. The van der Waals surface area contributed by atoms with Gasteiger partial charge in [0.15, 0.2) is 0 Å². The van der Waals surface area contributed by atoms with E-state index in [1.54, 1.807) is 0 Å². The van der Waals surface area contributed by atoms with Gasteiger partial charge in [-0.15, -0.1) is 0 Å². The predicted molar refractivity (Wildman–Crippen MR) is 172 cm³/mol. The number of hydrogen-bond acceptors (Lipinski definition) is 0. The average Bonchev–Trinajstić information content (AvgIpc) is 3.52. The molecule has 0 aliphatic heterocycles. The molecule has 0 atom stereocenters. The highest BCUT2D eigenvalue weighted by atomic mass is 14.5. The molecule has 10 rings (SSSR count). The Balaban J connectivity index is 1.50. The fourth-order valence-corrected chi connectivity index (χ4v) is 8.42. The first kappa shape index (κ1) is 21.6. The van der Waals surface area contributed by atoms with Gasteiger partial charge in [-0.2, -0.15) is 0 Å². The average molecular weight is 517 g/mol. The van der Waals surface area contributed by atoms with Crippen LogP contribution in [0.3, 0.4) is 0 Å². The van der Waals surface area contributed by atoms with Gasteiger partial charge in [-0.05, 0) is 94.0 Å². The zero-order valence-electron chi connectivity index (χ0n) is 22.4. The summed E-state index contributed by atoms with van der Waals surface area (Å²) in [7, 11) is 0. The van der Waals surface area contributed by atoms with E-state index in [1.165, 1.54) is 88.0 Å². The van der Waals surface area contributed by atoms with Crippen molar-refractivity contribution in [3.63, 3.8) is 0 Å². The Bertz CT molecular complexity index is 2310. The van der Waals surface area contributed by atoms with Crippen molar-refractivity contribution >= 4 is 32.3 Å². The second-order valence-electron chi connectivity index (χ2n) is 11.6. The van der Waals surface area contributed by atoms with Gasteiger partial charge in [0.25, 0.3) is 0 Å². The molecule has 0 heterocycles. The Morgan fingerprint density at radius 3 is 1.66 bits per heavy atom. The Morgan fingerprint density at radius 1 is 0.366 bits per heavy atom. The molecule has 8 aromatic carbocycles. The van der Waals surface area contributed by atoms with Gasteiger partial charge in [-0.25, -0.2) is 0 Å². The van der Waals surface area contributed by atoms with Crippen molar-refractivity contribution in [3.8, 4) is 33.4 Å². The van der Waals surface area contributed by atoms with Crippen molar-refractivity contribution in [2.45, 2.75) is 5.41 Å². The topological polar surface area (TPSA) is 0 Å². The van der Waals surface area contributed by atoms with Crippen LogP contribution in [0.25, 0.3) is 65.7 Å². The summed E-state index contributed by atoms with van der Waals surface area (Å²) in [4.78, 5) is 0. The lowest BCUT2D eigenvalue weighted by atomic mass is 9.68. The molecule has 0 heteroatoms. The van der Waals surface area contributed by atoms with Crippen molar-refractivity contribution in [3.05, 3.63) is 168 Å². The minimum absolute atomic E-state index is 0.365. The molecule has 0 saturated carbocycles. The normalized spacial score (nSPS) is 14.0. The van der Waals surface area contributed by atoms with Gasteiger partial charge in [-0.3, -0.25) is 0 Å². The van der Waals surface area contributed by atoms with E-state index in [2.05, 4.69) is 146 Å². The molecule has 0 saturated heterocycles. The Labute approximate surface area is 238 Å². The molecule has 1 spiro atoms. The van der Waals surface area contributed by atoms with E-state index in [0.717, 1.165) is 0 Å². The minimum Gasteiger partial charge on any atom is -0.0622 e. The number of fused-ring (bicyclic) bond motifs is 12. The lowest BCUT2D eigenvalue weighted by Crippen LogP contribution is -2.26. The fourth-order valence-electron chi connectivity index (χ4n) is 8.42. The molecule has 2 aliphatic carbocycles. The Kier molecular flexibility index (Phi) is 3.95. The summed E-state index contributed by atoms with van der Waals surface area (Å²) < 4.78 is 0. The van der Waals surface area contributed by atoms with Crippen LogP contribution < -0.4 is 0 Å². The van der Waals surface area contributed by atoms with Crippen LogP contribution in [0.15, 0.2) is 146 Å². The van der Waals surface area contributed by atoms with E-state index in [4.69, 9.17) is 0 Å². The van der Waals surface area contributed by atoms with Gasteiger partial charge < -0.3 is 0 Å². The summed E-state index contributed by atoms with van der Waals surface area (Å²) in [6.07, 6.45) is 0. The molecule has 0 fully saturated rings. The summed E-state index contributed by atoms with van der Waals surface area (Å²) >= 11 is 0. The molecule has 0 bridgehead atoms. The molecular formula is C41H24. The monoisotopic (exact) mass is 516 g/mol. The maximum absolute atomic E-state index is 2.41. The van der Waals surface area contributed by atoms with Gasteiger partial charge in [0.2, 0.25) is 0 Å². The van der Waals surface area contributed by atoms with E-state index in [-0.39, 0.29) is 5.41 Å². The van der Waals surface area contributed by atoms with E-state index >= 15 is 0 Å². The first-order valence-electron chi connectivity index (χ1n) is 14.5. The van der Waals surface area contributed by atoms with Crippen LogP contribution in [0.1, 0.15) is 22.3 Å². The molecule has 8 aromatic rings. The molecule has 0 radical (unpaired) electrons. The number of hydrogen-bond donors (Lipinski definition) is 0. The van der Waals surface area contributed by atoms with E-state index < -0.39 is 0 Å². The minimum atomic E-state index is -0.365. The number of benzene rings is 8. The maximum atomic E-state index is 2.41. The fraction of sp³-hybridized carbons (Fsp3) is 0.0244. The van der Waals surface area contributed by atoms with Gasteiger partial charge in [-0.1, -0.05) is 140 Å². The Morgan fingerprint density at radius 2 is 0.927 bits per heavy atom. The highest BCUT2D eigenvalue weighted by molar-refractivity contribution is 6.31. The van der Waals surface area contributed by atoms with Crippen LogP contribution >= 0.6 is 0 Å².